The summed E-state index contributed by atoms with van der Waals surface area (Å²) in [5.74, 6) is -0.434. The topological polar surface area (TPSA) is 104 Å². The Morgan fingerprint density at radius 1 is 1.03 bits per heavy atom. The molecule has 3 heterocycles. The molecule has 0 aliphatic carbocycles. The highest BCUT2D eigenvalue weighted by molar-refractivity contribution is 7.99. The Kier molecular flexibility index (Phi) is 5.34. The SMILES string of the molecule is O=C(NCc1cnc(-c2ccc(=O)[nH]c2)s1)c1ccc2c(c1)NC(=O)c1ccccc1S2. The molecular formula is C23H16N4O3S2. The van der Waals surface area contributed by atoms with Gasteiger partial charge in [-0.05, 0) is 36.4 Å². The molecule has 0 saturated heterocycles. The molecule has 32 heavy (non-hydrogen) atoms. The maximum absolute atomic E-state index is 12.7. The zero-order chi connectivity index (χ0) is 22.1. The summed E-state index contributed by atoms with van der Waals surface area (Å²) in [5, 5.41) is 6.55. The highest BCUT2D eigenvalue weighted by Gasteiger charge is 2.20. The minimum absolute atomic E-state index is 0.169. The van der Waals surface area contributed by atoms with E-state index in [4.69, 9.17) is 0 Å². The molecule has 0 atom stereocenters. The van der Waals surface area contributed by atoms with Gasteiger partial charge in [0.05, 0.1) is 17.8 Å². The third kappa shape index (κ3) is 4.08. The number of benzene rings is 2. The normalized spacial score (nSPS) is 12.3. The number of hydrogen-bond acceptors (Lipinski definition) is 6. The average Bonchev–Trinajstić information content (AvgIpc) is 3.23. The molecule has 1 aliphatic rings. The molecule has 0 unspecified atom stereocenters. The van der Waals surface area contributed by atoms with E-state index < -0.39 is 0 Å². The van der Waals surface area contributed by atoms with Crippen molar-refractivity contribution >= 4 is 40.6 Å². The fraction of sp³-hybridized carbons (Fsp3) is 0.0435. The first-order valence-electron chi connectivity index (χ1n) is 9.71. The van der Waals surface area contributed by atoms with E-state index in [-0.39, 0.29) is 17.4 Å². The standard InChI is InChI=1S/C23H16N4O3S2/c28-20-8-6-14(10-24-20)23-26-12-15(31-23)11-25-21(29)13-5-7-19-17(9-13)27-22(30)16-3-1-2-4-18(16)32-19/h1-10,12H,11H2,(H,24,28)(H,25,29)(H,27,30). The lowest BCUT2D eigenvalue weighted by atomic mass is 10.1. The monoisotopic (exact) mass is 460 g/mol. The molecule has 3 N–H and O–H groups in total. The number of fused-ring (bicyclic) bond motifs is 2. The Morgan fingerprint density at radius 3 is 2.75 bits per heavy atom. The number of amides is 2. The largest absolute Gasteiger partial charge is 0.347 e. The Hall–Kier alpha value is -3.69. The molecule has 5 rings (SSSR count). The van der Waals surface area contributed by atoms with Crippen LogP contribution in [0.3, 0.4) is 0 Å². The average molecular weight is 461 g/mol. The van der Waals surface area contributed by atoms with E-state index in [1.807, 2.05) is 24.3 Å². The molecule has 0 spiro atoms. The minimum Gasteiger partial charge on any atom is -0.347 e. The molecule has 7 nitrogen and oxygen atoms in total. The van der Waals surface area contributed by atoms with E-state index in [0.717, 1.165) is 25.2 Å². The summed E-state index contributed by atoms with van der Waals surface area (Å²) < 4.78 is 0. The molecule has 2 aromatic heterocycles. The summed E-state index contributed by atoms with van der Waals surface area (Å²) in [6.45, 7) is 0.323. The van der Waals surface area contributed by atoms with Gasteiger partial charge in [0.25, 0.3) is 11.8 Å². The molecular weight excluding hydrogens is 444 g/mol. The number of carbonyl (C=O) groups is 2. The number of nitrogens with zero attached hydrogens (tertiary/aromatic N) is 1. The Balaban J connectivity index is 1.29. The van der Waals surface area contributed by atoms with Gasteiger partial charge in [-0.1, -0.05) is 23.9 Å². The van der Waals surface area contributed by atoms with Crippen LogP contribution >= 0.6 is 23.1 Å². The van der Waals surface area contributed by atoms with Gasteiger partial charge in [-0.2, -0.15) is 0 Å². The van der Waals surface area contributed by atoms with E-state index in [1.165, 1.54) is 29.2 Å². The lowest BCUT2D eigenvalue weighted by Crippen LogP contribution is -2.22. The molecule has 0 fully saturated rings. The molecule has 4 aromatic rings. The first kappa shape index (κ1) is 20.2. The molecule has 0 saturated carbocycles. The van der Waals surface area contributed by atoms with Crippen LogP contribution in [0.4, 0.5) is 5.69 Å². The second-order valence-corrected chi connectivity index (χ2v) is 9.22. The summed E-state index contributed by atoms with van der Waals surface area (Å²) in [5.41, 5.74) is 2.33. The minimum atomic E-state index is -0.243. The quantitative estimate of drug-likeness (QED) is 0.425. The summed E-state index contributed by atoms with van der Waals surface area (Å²) in [7, 11) is 0. The first-order chi connectivity index (χ1) is 15.6. The van der Waals surface area contributed by atoms with Crippen LogP contribution < -0.4 is 16.2 Å². The maximum Gasteiger partial charge on any atom is 0.256 e. The van der Waals surface area contributed by atoms with Crippen molar-refractivity contribution in [3.63, 3.8) is 0 Å². The van der Waals surface area contributed by atoms with Crippen LogP contribution in [-0.2, 0) is 6.54 Å². The molecule has 2 amide bonds. The third-order valence-corrected chi connectivity index (χ3v) is 7.05. The number of aromatic amines is 1. The number of aromatic nitrogens is 2. The van der Waals surface area contributed by atoms with Crippen molar-refractivity contribution < 1.29 is 9.59 Å². The Bertz CT molecular complexity index is 1390. The van der Waals surface area contributed by atoms with Crippen LogP contribution in [-0.4, -0.2) is 21.8 Å². The number of rotatable bonds is 4. The summed E-state index contributed by atoms with van der Waals surface area (Å²) >= 11 is 2.94. The zero-order valence-corrected chi connectivity index (χ0v) is 18.2. The first-order valence-corrected chi connectivity index (χ1v) is 11.3. The summed E-state index contributed by atoms with van der Waals surface area (Å²) in [6, 6.07) is 15.9. The van der Waals surface area contributed by atoms with E-state index in [9.17, 15) is 14.4 Å². The Labute approximate surface area is 190 Å². The summed E-state index contributed by atoms with van der Waals surface area (Å²) in [4.78, 5) is 46.1. The van der Waals surface area contributed by atoms with Crippen molar-refractivity contribution in [2.75, 3.05) is 5.32 Å². The third-order valence-electron chi connectivity index (χ3n) is 4.85. The van der Waals surface area contributed by atoms with Crippen LogP contribution in [0.5, 0.6) is 0 Å². The van der Waals surface area contributed by atoms with Crippen molar-refractivity contribution in [2.45, 2.75) is 16.3 Å². The lowest BCUT2D eigenvalue weighted by molar-refractivity contribution is 0.0949. The van der Waals surface area contributed by atoms with Crippen molar-refractivity contribution in [3.05, 3.63) is 93.3 Å². The molecule has 0 bridgehead atoms. The number of anilines is 1. The van der Waals surface area contributed by atoms with Gasteiger partial charge in [0.2, 0.25) is 5.56 Å². The van der Waals surface area contributed by atoms with E-state index in [0.29, 0.717) is 23.4 Å². The second kappa shape index (κ2) is 8.45. The van der Waals surface area contributed by atoms with E-state index >= 15 is 0 Å². The number of pyridine rings is 1. The van der Waals surface area contributed by atoms with Crippen molar-refractivity contribution in [1.29, 1.82) is 0 Å². The molecule has 9 heteroatoms. The number of hydrogen-bond donors (Lipinski definition) is 3. The number of nitrogens with one attached hydrogen (secondary N) is 3. The van der Waals surface area contributed by atoms with Gasteiger partial charge in [0, 0.05) is 44.3 Å². The molecule has 1 aliphatic heterocycles. The van der Waals surface area contributed by atoms with Gasteiger partial charge in [0.1, 0.15) is 5.01 Å². The number of carbonyl (C=O) groups excluding carboxylic acids is 2. The van der Waals surface area contributed by atoms with Gasteiger partial charge < -0.3 is 15.6 Å². The fourth-order valence-corrected chi connectivity index (χ4v) is 5.10. The van der Waals surface area contributed by atoms with E-state index in [1.54, 1.807) is 36.7 Å². The zero-order valence-electron chi connectivity index (χ0n) is 16.5. The van der Waals surface area contributed by atoms with Crippen LogP contribution in [0.25, 0.3) is 10.6 Å². The Morgan fingerprint density at radius 2 is 1.91 bits per heavy atom. The van der Waals surface area contributed by atoms with Crippen LogP contribution in [0.1, 0.15) is 25.6 Å². The van der Waals surface area contributed by atoms with E-state index in [2.05, 4.69) is 20.6 Å². The number of H-pyrrole nitrogens is 1. The van der Waals surface area contributed by atoms with Gasteiger partial charge in [0.15, 0.2) is 0 Å². The molecule has 0 radical (unpaired) electrons. The van der Waals surface area contributed by atoms with Crippen LogP contribution in [0.15, 0.2) is 81.6 Å². The smallest absolute Gasteiger partial charge is 0.256 e. The second-order valence-electron chi connectivity index (χ2n) is 7.02. The van der Waals surface area contributed by atoms with Gasteiger partial charge in [-0.15, -0.1) is 11.3 Å². The highest BCUT2D eigenvalue weighted by atomic mass is 32.2. The van der Waals surface area contributed by atoms with Gasteiger partial charge >= 0.3 is 0 Å². The predicted molar refractivity (Wildman–Crippen MR) is 124 cm³/mol. The maximum atomic E-state index is 12.7. The van der Waals surface area contributed by atoms with Crippen molar-refractivity contribution in [3.8, 4) is 10.6 Å². The van der Waals surface area contributed by atoms with Crippen molar-refractivity contribution in [2.24, 2.45) is 0 Å². The molecule has 158 valence electrons. The number of thiazole rings is 1. The van der Waals surface area contributed by atoms with Crippen molar-refractivity contribution in [1.82, 2.24) is 15.3 Å². The highest BCUT2D eigenvalue weighted by Crippen LogP contribution is 2.39. The lowest BCUT2D eigenvalue weighted by Gasteiger charge is -2.09. The molecule has 2 aromatic carbocycles. The summed E-state index contributed by atoms with van der Waals surface area (Å²) in [6.07, 6.45) is 3.32. The van der Waals surface area contributed by atoms with Gasteiger partial charge in [-0.25, -0.2) is 4.98 Å². The van der Waals surface area contributed by atoms with Gasteiger partial charge in [-0.3, -0.25) is 14.4 Å². The fourth-order valence-electron chi connectivity index (χ4n) is 3.24. The van der Waals surface area contributed by atoms with Crippen LogP contribution in [0, 0.1) is 0 Å². The predicted octanol–water partition coefficient (Wildman–Crippen LogP) is 4.15. The van der Waals surface area contributed by atoms with Crippen LogP contribution in [0.2, 0.25) is 0 Å².